The highest BCUT2D eigenvalue weighted by Crippen LogP contribution is 1.92. The minimum absolute atomic E-state index is 0.0744. The Morgan fingerprint density at radius 1 is 1.64 bits per heavy atom. The molecular weight excluding hydrogens is 182 g/mol. The molecule has 1 aromatic rings. The maximum absolute atomic E-state index is 11.3. The fourth-order valence-corrected chi connectivity index (χ4v) is 1.07. The van der Waals surface area contributed by atoms with Gasteiger partial charge in [0.05, 0.1) is 6.42 Å². The number of hydrogen-bond acceptors (Lipinski definition) is 2. The van der Waals surface area contributed by atoms with Crippen molar-refractivity contribution in [2.45, 2.75) is 32.7 Å². The third kappa shape index (κ3) is 3.08. The van der Waals surface area contributed by atoms with E-state index in [9.17, 15) is 9.59 Å². The molecule has 1 atom stereocenters. The van der Waals surface area contributed by atoms with Crippen molar-refractivity contribution in [3.63, 3.8) is 0 Å². The molecule has 0 saturated heterocycles. The van der Waals surface area contributed by atoms with Crippen molar-refractivity contribution >= 4 is 5.91 Å². The lowest BCUT2D eigenvalue weighted by molar-refractivity contribution is -0.121. The van der Waals surface area contributed by atoms with Gasteiger partial charge in [0, 0.05) is 17.9 Å². The molecule has 5 heteroatoms. The van der Waals surface area contributed by atoms with Crippen LogP contribution < -0.4 is 11.0 Å². The van der Waals surface area contributed by atoms with Crippen molar-refractivity contribution in [2.24, 2.45) is 0 Å². The number of imidazole rings is 1. The maximum Gasteiger partial charge on any atom is 0.323 e. The minimum atomic E-state index is -0.281. The third-order valence-corrected chi connectivity index (χ3v) is 2.02. The monoisotopic (exact) mass is 197 g/mol. The summed E-state index contributed by atoms with van der Waals surface area (Å²) in [4.78, 5) is 27.0. The van der Waals surface area contributed by atoms with Crippen LogP contribution in [-0.4, -0.2) is 21.9 Å². The molecule has 0 radical (unpaired) electrons. The van der Waals surface area contributed by atoms with Gasteiger partial charge in [0.25, 0.3) is 0 Å². The molecule has 3 N–H and O–H groups in total. The van der Waals surface area contributed by atoms with Gasteiger partial charge in [0.2, 0.25) is 5.91 Å². The molecule has 5 nitrogen and oxygen atoms in total. The van der Waals surface area contributed by atoms with E-state index in [4.69, 9.17) is 0 Å². The summed E-state index contributed by atoms with van der Waals surface area (Å²) in [6.45, 7) is 3.95. The van der Waals surface area contributed by atoms with E-state index in [1.807, 2.05) is 13.8 Å². The van der Waals surface area contributed by atoms with Crippen molar-refractivity contribution in [3.05, 3.63) is 22.4 Å². The molecule has 1 unspecified atom stereocenters. The van der Waals surface area contributed by atoms with Crippen LogP contribution >= 0.6 is 0 Å². The Morgan fingerprint density at radius 3 is 2.86 bits per heavy atom. The molecule has 1 rings (SSSR count). The summed E-state index contributed by atoms with van der Waals surface area (Å²) in [5, 5.41) is 2.81. The number of hydrogen-bond donors (Lipinski definition) is 3. The van der Waals surface area contributed by atoms with E-state index in [1.165, 1.54) is 6.20 Å². The molecule has 0 spiro atoms. The first-order chi connectivity index (χ1) is 6.61. The Morgan fingerprint density at radius 2 is 2.36 bits per heavy atom. The number of aromatic amines is 2. The first-order valence-corrected chi connectivity index (χ1v) is 4.67. The van der Waals surface area contributed by atoms with Crippen molar-refractivity contribution in [1.82, 2.24) is 15.3 Å². The zero-order chi connectivity index (χ0) is 10.6. The van der Waals surface area contributed by atoms with Gasteiger partial charge in [0.1, 0.15) is 0 Å². The van der Waals surface area contributed by atoms with E-state index in [-0.39, 0.29) is 24.1 Å². The third-order valence-electron chi connectivity index (χ3n) is 2.02. The lowest BCUT2D eigenvalue weighted by Gasteiger charge is -2.10. The molecule has 0 aliphatic carbocycles. The van der Waals surface area contributed by atoms with Crippen molar-refractivity contribution in [2.75, 3.05) is 0 Å². The normalized spacial score (nSPS) is 12.4. The number of nitrogens with one attached hydrogen (secondary N) is 3. The van der Waals surface area contributed by atoms with Gasteiger partial charge < -0.3 is 15.3 Å². The summed E-state index contributed by atoms with van der Waals surface area (Å²) in [5.41, 5.74) is 0.326. The highest BCUT2D eigenvalue weighted by atomic mass is 16.2. The standard InChI is InChI=1S/C9H15N3O2/c1-3-6(2)11-8(13)4-7-5-10-9(14)12-7/h5-6H,3-4H2,1-2H3,(H,11,13)(H2,10,12,14). The summed E-state index contributed by atoms with van der Waals surface area (Å²) in [6, 6.07) is 0.174. The Hall–Kier alpha value is -1.52. The van der Waals surface area contributed by atoms with Crippen LogP contribution in [0.3, 0.4) is 0 Å². The molecule has 0 aliphatic rings. The molecule has 1 aromatic heterocycles. The van der Waals surface area contributed by atoms with Crippen molar-refractivity contribution in [1.29, 1.82) is 0 Å². The van der Waals surface area contributed by atoms with Crippen molar-refractivity contribution < 1.29 is 4.79 Å². The van der Waals surface area contributed by atoms with Crippen LogP contribution in [-0.2, 0) is 11.2 Å². The van der Waals surface area contributed by atoms with Crippen LogP contribution in [0.25, 0.3) is 0 Å². The van der Waals surface area contributed by atoms with E-state index in [0.717, 1.165) is 6.42 Å². The van der Waals surface area contributed by atoms with E-state index < -0.39 is 0 Å². The first-order valence-electron chi connectivity index (χ1n) is 4.67. The summed E-state index contributed by atoms with van der Waals surface area (Å²) in [7, 11) is 0. The fourth-order valence-electron chi connectivity index (χ4n) is 1.07. The predicted molar refractivity (Wildman–Crippen MR) is 53.0 cm³/mol. The van der Waals surface area contributed by atoms with Gasteiger partial charge in [-0.2, -0.15) is 0 Å². The number of rotatable bonds is 4. The van der Waals surface area contributed by atoms with Gasteiger partial charge in [-0.15, -0.1) is 0 Å². The molecule has 1 amide bonds. The second kappa shape index (κ2) is 4.64. The van der Waals surface area contributed by atoms with Crippen LogP contribution in [0.5, 0.6) is 0 Å². The van der Waals surface area contributed by atoms with Crippen LogP contribution in [0.4, 0.5) is 0 Å². The highest BCUT2D eigenvalue weighted by Gasteiger charge is 2.07. The maximum atomic E-state index is 11.3. The zero-order valence-corrected chi connectivity index (χ0v) is 8.39. The molecule has 0 saturated carbocycles. The van der Waals surface area contributed by atoms with Gasteiger partial charge in [-0.1, -0.05) is 6.92 Å². The SMILES string of the molecule is CCC(C)NC(=O)Cc1c[nH]c(=O)[nH]1. The Labute approximate surface area is 81.9 Å². The van der Waals surface area contributed by atoms with Gasteiger partial charge in [-0.05, 0) is 13.3 Å². The first kappa shape index (κ1) is 10.6. The van der Waals surface area contributed by atoms with Crippen LogP contribution in [0.1, 0.15) is 26.0 Å². The quantitative estimate of drug-likeness (QED) is 0.643. The summed E-state index contributed by atoms with van der Waals surface area (Å²) < 4.78 is 0. The smallest absolute Gasteiger partial charge is 0.323 e. The molecule has 0 aliphatic heterocycles. The molecule has 0 fully saturated rings. The number of aromatic nitrogens is 2. The second-order valence-electron chi connectivity index (χ2n) is 3.32. The van der Waals surface area contributed by atoms with Gasteiger partial charge in [0.15, 0.2) is 0 Å². The molecule has 1 heterocycles. The van der Waals surface area contributed by atoms with Crippen LogP contribution in [0.2, 0.25) is 0 Å². The molecule has 14 heavy (non-hydrogen) atoms. The van der Waals surface area contributed by atoms with E-state index in [2.05, 4.69) is 15.3 Å². The molecule has 78 valence electrons. The highest BCUT2D eigenvalue weighted by molar-refractivity contribution is 5.78. The Balaban J connectivity index is 2.45. The number of carbonyl (C=O) groups excluding carboxylic acids is 1. The summed E-state index contributed by atoms with van der Waals surface area (Å²) >= 11 is 0. The van der Waals surface area contributed by atoms with Gasteiger partial charge in [-0.25, -0.2) is 4.79 Å². The topological polar surface area (TPSA) is 77.8 Å². The van der Waals surface area contributed by atoms with Crippen molar-refractivity contribution in [3.8, 4) is 0 Å². The van der Waals surface area contributed by atoms with E-state index >= 15 is 0 Å². The summed E-state index contributed by atoms with van der Waals surface area (Å²) in [5.74, 6) is -0.0744. The average Bonchev–Trinajstić information content (AvgIpc) is 2.50. The Bertz CT molecular complexity index is 353. The number of H-pyrrole nitrogens is 2. The van der Waals surface area contributed by atoms with Gasteiger partial charge in [-0.3, -0.25) is 4.79 Å². The summed E-state index contributed by atoms with van der Waals surface area (Å²) in [6.07, 6.45) is 2.62. The zero-order valence-electron chi connectivity index (χ0n) is 8.39. The van der Waals surface area contributed by atoms with Crippen LogP contribution in [0, 0.1) is 0 Å². The largest absolute Gasteiger partial charge is 0.353 e. The van der Waals surface area contributed by atoms with E-state index in [1.54, 1.807) is 0 Å². The molecular formula is C9H15N3O2. The number of carbonyl (C=O) groups is 1. The predicted octanol–water partition coefficient (Wildman–Crippen LogP) is 0.160. The lowest BCUT2D eigenvalue weighted by Crippen LogP contribution is -2.33. The average molecular weight is 197 g/mol. The van der Waals surface area contributed by atoms with Gasteiger partial charge >= 0.3 is 5.69 Å². The van der Waals surface area contributed by atoms with E-state index in [0.29, 0.717) is 5.69 Å². The molecule has 0 bridgehead atoms. The minimum Gasteiger partial charge on any atom is -0.353 e. The van der Waals surface area contributed by atoms with Crippen LogP contribution in [0.15, 0.2) is 11.0 Å². The second-order valence-corrected chi connectivity index (χ2v) is 3.32. The molecule has 0 aromatic carbocycles. The fraction of sp³-hybridized carbons (Fsp3) is 0.556. The number of amides is 1. The Kier molecular flexibility index (Phi) is 3.50. The lowest BCUT2D eigenvalue weighted by atomic mass is 10.2.